The van der Waals surface area contributed by atoms with Crippen LogP contribution in [-0.4, -0.2) is 43.0 Å². The van der Waals surface area contributed by atoms with Crippen LogP contribution in [0.25, 0.3) is 0 Å². The molecule has 0 saturated carbocycles. The molecule has 0 atom stereocenters. The molecular weight excluding hydrogens is 283 g/mol. The molecule has 0 amide bonds. The quantitative estimate of drug-likeness (QED) is 0.433. The fourth-order valence-electron chi connectivity index (χ4n) is 0.428. The van der Waals surface area contributed by atoms with Gasteiger partial charge in [-0.1, -0.05) is 0 Å². The van der Waals surface area contributed by atoms with Crippen molar-refractivity contribution in [1.29, 1.82) is 0 Å². The summed E-state index contributed by atoms with van der Waals surface area (Å²) in [5.74, 6) is 0. The normalized spacial score (nSPS) is 16.7. The third-order valence-electron chi connectivity index (χ3n) is 0.733. The fraction of sp³-hybridized carbons (Fsp3) is 1.00. The first-order valence-corrected chi connectivity index (χ1v) is 10.3. The molecule has 3 N–H and O–H groups in total. The summed E-state index contributed by atoms with van der Waals surface area (Å²) in [7, 11) is 0. The third-order valence-corrected chi connectivity index (χ3v) is 10.3. The summed E-state index contributed by atoms with van der Waals surface area (Å²) in [6.45, 7) is 5.35. The Hall–Kier alpha value is 1.35. The second kappa shape index (κ2) is 5.93. The van der Waals surface area contributed by atoms with Crippen molar-refractivity contribution in [3.05, 3.63) is 0 Å². The van der Waals surface area contributed by atoms with Gasteiger partial charge in [0.25, 0.3) is 0 Å². The molecule has 0 aromatic heterocycles. The molecule has 0 rings (SSSR count). The Morgan fingerprint density at radius 2 is 2.30 bits per heavy atom. The summed E-state index contributed by atoms with van der Waals surface area (Å²) in [6, 6.07) is 0. The summed E-state index contributed by atoms with van der Waals surface area (Å²) < 4.78 is 13.0. The van der Waals surface area contributed by atoms with Gasteiger partial charge in [-0.3, -0.25) is 0 Å². The molecule has 0 aromatic carbocycles. The zero-order valence-corrected chi connectivity index (χ0v) is 10.5. The van der Waals surface area contributed by atoms with Crippen molar-refractivity contribution in [2.45, 2.75) is 13.8 Å². The van der Waals surface area contributed by atoms with Crippen molar-refractivity contribution in [2.75, 3.05) is 13.2 Å². The van der Waals surface area contributed by atoms with Gasteiger partial charge in [0.2, 0.25) is 0 Å². The van der Waals surface area contributed by atoms with E-state index in [0.717, 1.165) is 0 Å². The Labute approximate surface area is 75.4 Å². The Bertz CT molecular complexity index is 122. The molecule has 0 spiro atoms. The Balaban J connectivity index is 3.83. The van der Waals surface area contributed by atoms with Gasteiger partial charge >= 0.3 is 75.3 Å². The molecule has 0 saturated heterocycles. The maximum atomic E-state index is 5.42. The summed E-state index contributed by atoms with van der Waals surface area (Å²) in [6.07, 6.45) is 0. The molecule has 0 aliphatic rings. The van der Waals surface area contributed by atoms with Crippen LogP contribution in [0.4, 0.5) is 0 Å². The van der Waals surface area contributed by atoms with Crippen LogP contribution in [0.2, 0.25) is 0 Å². The SMILES string of the molecule is CCOP(=[Se])([O+]CC)[Se][NH3+]. The Kier molecular flexibility index (Phi) is 6.73. The predicted octanol–water partition coefficient (Wildman–Crippen LogP) is -0.233. The van der Waals surface area contributed by atoms with Crippen molar-refractivity contribution in [1.82, 2.24) is 0 Å². The zero-order valence-electron chi connectivity index (χ0n) is 6.20. The van der Waals surface area contributed by atoms with Crippen LogP contribution in [-0.2, 0) is 9.05 Å². The van der Waals surface area contributed by atoms with Gasteiger partial charge in [-0.05, 0) is 0 Å². The van der Waals surface area contributed by atoms with Crippen molar-refractivity contribution in [3.8, 4) is 0 Å². The van der Waals surface area contributed by atoms with Crippen LogP contribution in [0, 0.1) is 0 Å². The average molecular weight is 296 g/mol. The molecule has 0 aliphatic heterocycles. The number of rotatable bonds is 5. The summed E-state index contributed by atoms with van der Waals surface area (Å²) in [5, 5.41) is 0. The third kappa shape index (κ3) is 4.27. The van der Waals surface area contributed by atoms with Crippen LogP contribution in [0.3, 0.4) is 0 Å². The van der Waals surface area contributed by atoms with Crippen LogP contribution in [0.15, 0.2) is 0 Å². The fourth-order valence-corrected chi connectivity index (χ4v) is 4.88. The van der Waals surface area contributed by atoms with Crippen molar-refractivity contribution >= 4 is 34.5 Å². The molecule has 0 bridgehead atoms. The van der Waals surface area contributed by atoms with E-state index in [0.29, 0.717) is 13.2 Å². The predicted molar refractivity (Wildman–Crippen MR) is 44.6 cm³/mol. The zero-order chi connectivity index (χ0) is 8.04. The molecule has 3 nitrogen and oxygen atoms in total. The Morgan fingerprint density at radius 3 is 2.60 bits per heavy atom. The van der Waals surface area contributed by atoms with Gasteiger partial charge in [-0.25, -0.2) is 0 Å². The average Bonchev–Trinajstić information content (AvgIpc) is 1.89. The van der Waals surface area contributed by atoms with Crippen LogP contribution in [0.5, 0.6) is 0 Å². The van der Waals surface area contributed by atoms with Crippen LogP contribution >= 0.6 is 4.65 Å². The molecular formula is C4H13NO2PSe2+2. The standard InChI is InChI=1S/C4H12NO2PSe2/c1-3-6-8(9,10-5)7-4-2/h3-5H2,1-2H3/q+1/p+1. The second-order valence-electron chi connectivity index (χ2n) is 1.41. The first-order valence-electron chi connectivity index (χ1n) is 3.01. The topological polar surface area (TPSA) is 48.2 Å². The van der Waals surface area contributed by atoms with Gasteiger partial charge in [0.1, 0.15) is 0 Å². The van der Waals surface area contributed by atoms with E-state index >= 15 is 0 Å². The first-order chi connectivity index (χ1) is 4.68. The van der Waals surface area contributed by atoms with E-state index in [2.05, 4.69) is 19.8 Å². The minimum absolute atomic E-state index is 0.193. The first kappa shape index (κ1) is 11.3. The van der Waals surface area contributed by atoms with Crippen molar-refractivity contribution < 1.29 is 13.8 Å². The van der Waals surface area contributed by atoms with Crippen LogP contribution in [0.1, 0.15) is 13.8 Å². The van der Waals surface area contributed by atoms with E-state index in [1.807, 2.05) is 13.8 Å². The summed E-state index contributed by atoms with van der Waals surface area (Å²) in [4.78, 5) is 0. The second-order valence-corrected chi connectivity index (χ2v) is 14.3. The van der Waals surface area contributed by atoms with Gasteiger partial charge < -0.3 is 0 Å². The van der Waals surface area contributed by atoms with Gasteiger partial charge in [0.05, 0.1) is 0 Å². The van der Waals surface area contributed by atoms with E-state index in [-0.39, 0.29) is 14.7 Å². The van der Waals surface area contributed by atoms with Gasteiger partial charge in [-0.2, -0.15) is 0 Å². The van der Waals surface area contributed by atoms with Gasteiger partial charge in [0, 0.05) is 0 Å². The van der Waals surface area contributed by atoms with Gasteiger partial charge in [0.15, 0.2) is 0 Å². The van der Waals surface area contributed by atoms with E-state index in [1.165, 1.54) is 0 Å². The number of hydrogen-bond acceptors (Lipinski definition) is 2. The molecule has 0 fully saturated rings. The van der Waals surface area contributed by atoms with E-state index in [9.17, 15) is 0 Å². The molecule has 0 unspecified atom stereocenters. The van der Waals surface area contributed by atoms with Gasteiger partial charge in [-0.15, -0.1) is 0 Å². The number of hydrogen-bond donors (Lipinski definition) is 1. The summed E-state index contributed by atoms with van der Waals surface area (Å²) in [5.41, 5.74) is 0. The molecule has 10 heavy (non-hydrogen) atoms. The molecule has 0 aliphatic carbocycles. The van der Waals surface area contributed by atoms with E-state index < -0.39 is 4.65 Å². The molecule has 0 heterocycles. The monoisotopic (exact) mass is 298 g/mol. The Morgan fingerprint density at radius 1 is 1.70 bits per heavy atom. The summed E-state index contributed by atoms with van der Waals surface area (Å²) >= 11 is 3.17. The van der Waals surface area contributed by atoms with Crippen LogP contribution < -0.4 is 4.75 Å². The van der Waals surface area contributed by atoms with E-state index in [4.69, 9.17) is 9.05 Å². The van der Waals surface area contributed by atoms with Crippen molar-refractivity contribution in [2.24, 2.45) is 0 Å². The maximum absolute atomic E-state index is 5.42. The number of quaternary nitrogens is 1. The molecule has 0 aromatic rings. The van der Waals surface area contributed by atoms with E-state index in [1.54, 1.807) is 0 Å². The minimum atomic E-state index is -1.62. The molecule has 6 heteroatoms. The van der Waals surface area contributed by atoms with Crippen molar-refractivity contribution in [3.63, 3.8) is 0 Å². The molecule has 1 radical (unpaired) electrons. The molecule has 61 valence electrons.